The molecule has 3 heterocycles. The van der Waals surface area contributed by atoms with Gasteiger partial charge in [-0.25, -0.2) is 15.0 Å². The fourth-order valence-electron chi connectivity index (χ4n) is 4.01. The summed E-state index contributed by atoms with van der Waals surface area (Å²) in [5, 5.41) is 3.10. The number of aromatic nitrogens is 4. The van der Waals surface area contributed by atoms with Crippen molar-refractivity contribution in [2.24, 2.45) is 5.41 Å². The zero-order valence-electron chi connectivity index (χ0n) is 16.9. The molecule has 1 saturated heterocycles. The number of hydrogen-bond donors (Lipinski definition) is 1. The first-order valence-corrected chi connectivity index (χ1v) is 10.1. The first-order chi connectivity index (χ1) is 14.0. The monoisotopic (exact) mass is 397 g/mol. The lowest BCUT2D eigenvalue weighted by molar-refractivity contribution is -0.127. The van der Waals surface area contributed by atoms with Crippen LogP contribution in [0.5, 0.6) is 0 Å². The van der Waals surface area contributed by atoms with Gasteiger partial charge in [0.15, 0.2) is 5.82 Å². The van der Waals surface area contributed by atoms with Crippen LogP contribution in [0.4, 0.5) is 0 Å². The van der Waals surface area contributed by atoms with Gasteiger partial charge in [0.1, 0.15) is 12.3 Å². The Labute approximate surface area is 170 Å². The summed E-state index contributed by atoms with van der Waals surface area (Å²) in [4.78, 5) is 30.0. The Balaban J connectivity index is 1.44. The van der Waals surface area contributed by atoms with E-state index in [2.05, 4.69) is 34.1 Å². The van der Waals surface area contributed by atoms with Gasteiger partial charge in [-0.15, -0.1) is 0 Å². The molecule has 1 aliphatic carbocycles. The minimum atomic E-state index is -0.136. The number of hydrogen-bond acceptors (Lipinski definition) is 7. The SMILES string of the molecule is CC1(C)Cc2nc(-c3cnccn3)ncc2C(NC(=O)COCC2CCCO2)C1. The number of rotatable bonds is 6. The van der Waals surface area contributed by atoms with Crippen LogP contribution >= 0.6 is 0 Å². The van der Waals surface area contributed by atoms with Gasteiger partial charge < -0.3 is 14.8 Å². The first kappa shape index (κ1) is 19.8. The third kappa shape index (κ3) is 4.94. The average Bonchev–Trinajstić information content (AvgIpc) is 3.21. The minimum Gasteiger partial charge on any atom is -0.376 e. The van der Waals surface area contributed by atoms with Gasteiger partial charge in [0.2, 0.25) is 5.91 Å². The Morgan fingerprint density at radius 2 is 2.21 bits per heavy atom. The van der Waals surface area contributed by atoms with Crippen LogP contribution in [0.2, 0.25) is 0 Å². The van der Waals surface area contributed by atoms with Gasteiger partial charge in [0.05, 0.1) is 30.6 Å². The lowest BCUT2D eigenvalue weighted by atomic mass is 9.74. The number of carbonyl (C=O) groups is 1. The first-order valence-electron chi connectivity index (χ1n) is 10.1. The zero-order chi connectivity index (χ0) is 20.3. The molecule has 154 valence electrons. The molecule has 2 aliphatic rings. The van der Waals surface area contributed by atoms with Crippen molar-refractivity contribution in [2.45, 2.75) is 51.7 Å². The molecule has 2 aromatic rings. The van der Waals surface area contributed by atoms with Gasteiger partial charge in [-0.05, 0) is 31.1 Å². The van der Waals surface area contributed by atoms with Crippen molar-refractivity contribution in [1.29, 1.82) is 0 Å². The van der Waals surface area contributed by atoms with Gasteiger partial charge in [-0.1, -0.05) is 13.8 Å². The summed E-state index contributed by atoms with van der Waals surface area (Å²) in [7, 11) is 0. The van der Waals surface area contributed by atoms with E-state index in [4.69, 9.17) is 14.5 Å². The topological polar surface area (TPSA) is 99.1 Å². The van der Waals surface area contributed by atoms with Crippen molar-refractivity contribution >= 4 is 5.91 Å². The van der Waals surface area contributed by atoms with Crippen molar-refractivity contribution in [2.75, 3.05) is 19.8 Å². The maximum atomic E-state index is 12.5. The summed E-state index contributed by atoms with van der Waals surface area (Å²) in [6.45, 7) is 5.65. The second-order valence-electron chi connectivity index (χ2n) is 8.50. The van der Waals surface area contributed by atoms with Crippen LogP contribution in [0.15, 0.2) is 24.8 Å². The summed E-state index contributed by atoms with van der Waals surface area (Å²) in [5.74, 6) is 0.425. The Bertz CT molecular complexity index is 853. The van der Waals surface area contributed by atoms with E-state index in [9.17, 15) is 4.79 Å². The quantitative estimate of drug-likeness (QED) is 0.798. The lowest BCUT2D eigenvalue weighted by Crippen LogP contribution is -2.39. The second kappa shape index (κ2) is 8.51. The van der Waals surface area contributed by atoms with E-state index in [1.807, 2.05) is 0 Å². The zero-order valence-corrected chi connectivity index (χ0v) is 16.9. The molecule has 0 spiro atoms. The lowest BCUT2D eigenvalue weighted by Gasteiger charge is -2.36. The standard InChI is InChI=1S/C21H27N5O3/c1-21(2)8-16(25-19(27)13-28-12-14-4-3-7-29-14)15-10-24-20(26-17(15)9-21)18-11-22-5-6-23-18/h5-6,10-11,14,16H,3-4,7-9,12-13H2,1-2H3,(H,25,27). The molecule has 2 unspecified atom stereocenters. The molecule has 2 atom stereocenters. The predicted molar refractivity (Wildman–Crippen MR) is 106 cm³/mol. The van der Waals surface area contributed by atoms with E-state index < -0.39 is 0 Å². The molecule has 0 bridgehead atoms. The summed E-state index contributed by atoms with van der Waals surface area (Å²) in [6, 6.07) is -0.136. The molecule has 1 amide bonds. The molecule has 1 fully saturated rings. The Hall–Kier alpha value is -2.45. The number of nitrogens with one attached hydrogen (secondary N) is 1. The minimum absolute atomic E-state index is 0.0114. The van der Waals surface area contributed by atoms with Crippen molar-refractivity contribution in [3.8, 4) is 11.5 Å². The molecule has 8 heteroatoms. The molecular formula is C21H27N5O3. The van der Waals surface area contributed by atoms with E-state index in [-0.39, 0.29) is 30.1 Å². The van der Waals surface area contributed by atoms with Gasteiger partial charge in [0, 0.05) is 30.8 Å². The summed E-state index contributed by atoms with van der Waals surface area (Å²) in [5.41, 5.74) is 2.56. The predicted octanol–water partition coefficient (Wildman–Crippen LogP) is 2.26. The third-order valence-electron chi connectivity index (χ3n) is 5.37. The van der Waals surface area contributed by atoms with Crippen LogP contribution in [-0.2, 0) is 20.7 Å². The van der Waals surface area contributed by atoms with Crippen LogP contribution in [0.1, 0.15) is 50.4 Å². The fourth-order valence-corrected chi connectivity index (χ4v) is 4.01. The van der Waals surface area contributed by atoms with Gasteiger partial charge >= 0.3 is 0 Å². The van der Waals surface area contributed by atoms with E-state index in [0.717, 1.165) is 43.5 Å². The van der Waals surface area contributed by atoms with Crippen molar-refractivity contribution in [1.82, 2.24) is 25.3 Å². The van der Waals surface area contributed by atoms with Gasteiger partial charge in [0.25, 0.3) is 0 Å². The van der Waals surface area contributed by atoms with E-state index in [1.165, 1.54) is 0 Å². The maximum absolute atomic E-state index is 12.5. The Kier molecular flexibility index (Phi) is 5.82. The highest BCUT2D eigenvalue weighted by atomic mass is 16.5. The van der Waals surface area contributed by atoms with Gasteiger partial charge in [-0.3, -0.25) is 9.78 Å². The van der Waals surface area contributed by atoms with Gasteiger partial charge in [-0.2, -0.15) is 0 Å². The smallest absolute Gasteiger partial charge is 0.246 e. The largest absolute Gasteiger partial charge is 0.376 e. The van der Waals surface area contributed by atoms with E-state index >= 15 is 0 Å². The van der Waals surface area contributed by atoms with Crippen LogP contribution in [0, 0.1) is 5.41 Å². The highest BCUT2D eigenvalue weighted by molar-refractivity contribution is 5.77. The maximum Gasteiger partial charge on any atom is 0.246 e. The molecule has 2 aromatic heterocycles. The highest BCUT2D eigenvalue weighted by Gasteiger charge is 2.34. The van der Waals surface area contributed by atoms with Crippen LogP contribution in [0.25, 0.3) is 11.5 Å². The average molecular weight is 397 g/mol. The number of amides is 1. The summed E-state index contributed by atoms with van der Waals surface area (Å²) >= 11 is 0. The molecule has 29 heavy (non-hydrogen) atoms. The molecule has 4 rings (SSSR count). The highest BCUT2D eigenvalue weighted by Crippen LogP contribution is 2.40. The number of ether oxygens (including phenoxy) is 2. The van der Waals surface area contributed by atoms with Crippen LogP contribution in [0.3, 0.4) is 0 Å². The van der Waals surface area contributed by atoms with Crippen LogP contribution < -0.4 is 5.32 Å². The molecule has 0 radical (unpaired) electrons. The normalized spacial score (nSPS) is 22.8. The van der Waals surface area contributed by atoms with E-state index in [0.29, 0.717) is 18.1 Å². The number of carbonyl (C=O) groups excluding carboxylic acids is 1. The summed E-state index contributed by atoms with van der Waals surface area (Å²) in [6.07, 6.45) is 10.5. The van der Waals surface area contributed by atoms with Crippen molar-refractivity contribution < 1.29 is 14.3 Å². The van der Waals surface area contributed by atoms with Crippen molar-refractivity contribution in [3.63, 3.8) is 0 Å². The third-order valence-corrected chi connectivity index (χ3v) is 5.37. The van der Waals surface area contributed by atoms with Crippen molar-refractivity contribution in [3.05, 3.63) is 36.0 Å². The van der Waals surface area contributed by atoms with Crippen LogP contribution in [-0.4, -0.2) is 51.8 Å². The molecule has 8 nitrogen and oxygen atoms in total. The Morgan fingerprint density at radius 3 is 2.97 bits per heavy atom. The Morgan fingerprint density at radius 1 is 1.31 bits per heavy atom. The number of nitrogens with zero attached hydrogens (tertiary/aromatic N) is 4. The molecular weight excluding hydrogens is 370 g/mol. The fraction of sp³-hybridized carbons (Fsp3) is 0.571. The molecule has 0 aromatic carbocycles. The summed E-state index contributed by atoms with van der Waals surface area (Å²) < 4.78 is 11.1. The van der Waals surface area contributed by atoms with E-state index in [1.54, 1.807) is 24.8 Å². The number of fused-ring (bicyclic) bond motifs is 1. The second-order valence-corrected chi connectivity index (χ2v) is 8.50. The molecule has 1 N–H and O–H groups in total. The molecule has 1 aliphatic heterocycles. The molecule has 0 saturated carbocycles.